The zero-order valence-corrected chi connectivity index (χ0v) is 12.9. The van der Waals surface area contributed by atoms with Crippen LogP contribution in [0.1, 0.15) is 6.42 Å². The molecule has 1 aliphatic rings. The van der Waals surface area contributed by atoms with Crippen molar-refractivity contribution in [1.82, 2.24) is 5.32 Å². The first-order valence-corrected chi connectivity index (χ1v) is 9.42. The summed E-state index contributed by atoms with van der Waals surface area (Å²) in [6.45, 7) is 0.397. The molecule has 7 heteroatoms. The van der Waals surface area contributed by atoms with E-state index < -0.39 is 9.84 Å². The number of sulfone groups is 1. The Morgan fingerprint density at radius 2 is 2.05 bits per heavy atom. The molecule has 1 saturated heterocycles. The Morgan fingerprint density at radius 1 is 1.35 bits per heavy atom. The molecule has 1 heterocycles. The van der Waals surface area contributed by atoms with Crippen molar-refractivity contribution in [2.24, 2.45) is 5.92 Å². The maximum atomic E-state index is 11.7. The van der Waals surface area contributed by atoms with Gasteiger partial charge in [-0.3, -0.25) is 0 Å². The fourth-order valence-corrected chi connectivity index (χ4v) is 4.39. The van der Waals surface area contributed by atoms with Gasteiger partial charge in [-0.05, 0) is 42.9 Å². The fourth-order valence-electron chi connectivity index (χ4n) is 2.12. The molecule has 0 unspecified atom stereocenters. The molecule has 2 rings (SSSR count). The highest BCUT2D eigenvalue weighted by Crippen LogP contribution is 2.18. The number of thioether (sulfide) groups is 1. The van der Waals surface area contributed by atoms with Crippen molar-refractivity contribution < 1.29 is 13.2 Å². The standard InChI is InChI=1S/C13H18N2O3S2/c1-19-12-4-2-11(3-5-12)15-13(16)14-8-10-6-7-20(17,18)9-10/h2-5,10H,6-9H2,1H3,(H2,14,15,16)/t10-/m0/s1. The molecule has 5 nitrogen and oxygen atoms in total. The van der Waals surface area contributed by atoms with Gasteiger partial charge >= 0.3 is 6.03 Å². The fraction of sp³-hybridized carbons (Fsp3) is 0.462. The van der Waals surface area contributed by atoms with E-state index in [4.69, 9.17) is 0 Å². The van der Waals surface area contributed by atoms with Gasteiger partial charge in [-0.15, -0.1) is 11.8 Å². The highest BCUT2D eigenvalue weighted by molar-refractivity contribution is 7.98. The third-order valence-electron chi connectivity index (χ3n) is 3.23. The van der Waals surface area contributed by atoms with Crippen LogP contribution in [0.15, 0.2) is 29.2 Å². The van der Waals surface area contributed by atoms with Crippen LogP contribution in [0.2, 0.25) is 0 Å². The maximum absolute atomic E-state index is 11.7. The number of hydrogen-bond donors (Lipinski definition) is 2. The first kappa shape index (κ1) is 15.2. The first-order chi connectivity index (χ1) is 9.48. The Bertz CT molecular complexity index is 570. The van der Waals surface area contributed by atoms with Crippen molar-refractivity contribution in [1.29, 1.82) is 0 Å². The second kappa shape index (κ2) is 6.49. The molecule has 0 spiro atoms. The maximum Gasteiger partial charge on any atom is 0.319 e. The van der Waals surface area contributed by atoms with E-state index in [-0.39, 0.29) is 23.5 Å². The second-order valence-electron chi connectivity index (χ2n) is 4.83. The first-order valence-electron chi connectivity index (χ1n) is 6.38. The van der Waals surface area contributed by atoms with Crippen molar-refractivity contribution >= 4 is 33.3 Å². The second-order valence-corrected chi connectivity index (χ2v) is 7.94. The number of benzene rings is 1. The number of hydrogen-bond acceptors (Lipinski definition) is 4. The molecule has 1 aliphatic heterocycles. The quantitative estimate of drug-likeness (QED) is 0.833. The Balaban J connectivity index is 1.78. The molecule has 0 saturated carbocycles. The molecule has 2 N–H and O–H groups in total. The molecule has 0 aromatic heterocycles. The van der Waals surface area contributed by atoms with Gasteiger partial charge in [-0.25, -0.2) is 13.2 Å². The molecule has 0 bridgehead atoms. The molecule has 1 atom stereocenters. The van der Waals surface area contributed by atoms with Crippen molar-refractivity contribution in [2.45, 2.75) is 11.3 Å². The van der Waals surface area contributed by atoms with Crippen LogP contribution in [-0.4, -0.2) is 38.8 Å². The summed E-state index contributed by atoms with van der Waals surface area (Å²) in [5, 5.41) is 5.45. The van der Waals surface area contributed by atoms with E-state index in [0.717, 1.165) is 10.6 Å². The van der Waals surface area contributed by atoms with E-state index in [9.17, 15) is 13.2 Å². The Morgan fingerprint density at radius 3 is 2.60 bits per heavy atom. The lowest BCUT2D eigenvalue weighted by Gasteiger charge is -2.11. The lowest BCUT2D eigenvalue weighted by Crippen LogP contribution is -2.33. The summed E-state index contributed by atoms with van der Waals surface area (Å²) in [6.07, 6.45) is 2.62. The van der Waals surface area contributed by atoms with Crippen molar-refractivity contribution in [2.75, 3.05) is 29.6 Å². The van der Waals surface area contributed by atoms with E-state index in [1.54, 1.807) is 11.8 Å². The van der Waals surface area contributed by atoms with Crippen LogP contribution in [0, 0.1) is 5.92 Å². The molecule has 1 aromatic carbocycles. The Labute approximate surface area is 123 Å². The van der Waals surface area contributed by atoms with Crippen LogP contribution in [-0.2, 0) is 9.84 Å². The summed E-state index contributed by atoms with van der Waals surface area (Å²) in [5.41, 5.74) is 0.722. The van der Waals surface area contributed by atoms with Crippen LogP contribution in [0.25, 0.3) is 0 Å². The third-order valence-corrected chi connectivity index (χ3v) is 5.81. The minimum absolute atomic E-state index is 0.0321. The predicted octanol–water partition coefficient (Wildman–Crippen LogP) is 1.96. The van der Waals surface area contributed by atoms with Gasteiger partial charge in [-0.1, -0.05) is 0 Å². The van der Waals surface area contributed by atoms with E-state index in [2.05, 4.69) is 10.6 Å². The van der Waals surface area contributed by atoms with E-state index in [1.807, 2.05) is 30.5 Å². The van der Waals surface area contributed by atoms with Crippen LogP contribution in [0.3, 0.4) is 0 Å². The smallest absolute Gasteiger partial charge is 0.319 e. The van der Waals surface area contributed by atoms with Crippen LogP contribution in [0.5, 0.6) is 0 Å². The summed E-state index contributed by atoms with van der Waals surface area (Å²) in [6, 6.07) is 7.25. The molecule has 0 radical (unpaired) electrons. The number of carbonyl (C=O) groups excluding carboxylic acids is 1. The summed E-state index contributed by atoms with van der Waals surface area (Å²) >= 11 is 1.64. The van der Waals surface area contributed by atoms with Crippen LogP contribution in [0.4, 0.5) is 10.5 Å². The summed E-state index contributed by atoms with van der Waals surface area (Å²) < 4.78 is 22.6. The Hall–Kier alpha value is -1.21. The van der Waals surface area contributed by atoms with Gasteiger partial charge in [0.15, 0.2) is 9.84 Å². The summed E-state index contributed by atoms with van der Waals surface area (Å²) in [4.78, 5) is 12.8. The van der Waals surface area contributed by atoms with E-state index in [1.165, 1.54) is 0 Å². The molecular weight excluding hydrogens is 296 g/mol. The monoisotopic (exact) mass is 314 g/mol. The van der Waals surface area contributed by atoms with Crippen molar-refractivity contribution in [3.8, 4) is 0 Å². The lowest BCUT2D eigenvalue weighted by atomic mass is 10.1. The van der Waals surface area contributed by atoms with E-state index >= 15 is 0 Å². The van der Waals surface area contributed by atoms with Crippen molar-refractivity contribution in [3.63, 3.8) is 0 Å². The van der Waals surface area contributed by atoms with Gasteiger partial charge in [0.25, 0.3) is 0 Å². The molecular formula is C13H18N2O3S2. The molecule has 110 valence electrons. The van der Waals surface area contributed by atoms with Gasteiger partial charge in [0.05, 0.1) is 11.5 Å². The van der Waals surface area contributed by atoms with Gasteiger partial charge in [0, 0.05) is 17.1 Å². The molecule has 0 aliphatic carbocycles. The van der Waals surface area contributed by atoms with E-state index in [0.29, 0.717) is 13.0 Å². The average Bonchev–Trinajstić information content (AvgIpc) is 2.77. The molecule has 20 heavy (non-hydrogen) atoms. The molecule has 2 amide bonds. The summed E-state index contributed by atoms with van der Waals surface area (Å²) in [5.74, 6) is 0.442. The molecule has 1 aromatic rings. The number of rotatable bonds is 4. The van der Waals surface area contributed by atoms with Gasteiger partial charge in [-0.2, -0.15) is 0 Å². The number of nitrogens with one attached hydrogen (secondary N) is 2. The highest BCUT2D eigenvalue weighted by atomic mass is 32.2. The van der Waals surface area contributed by atoms with Gasteiger partial charge in [0.2, 0.25) is 0 Å². The number of amides is 2. The number of urea groups is 1. The average molecular weight is 314 g/mol. The minimum Gasteiger partial charge on any atom is -0.338 e. The zero-order chi connectivity index (χ0) is 14.6. The SMILES string of the molecule is CSc1ccc(NC(=O)NC[C@@H]2CCS(=O)(=O)C2)cc1. The van der Waals surface area contributed by atoms with Crippen LogP contribution < -0.4 is 10.6 Å². The number of anilines is 1. The Kier molecular flexibility index (Phi) is 4.93. The van der Waals surface area contributed by atoms with Crippen LogP contribution >= 0.6 is 11.8 Å². The number of carbonyl (C=O) groups is 1. The van der Waals surface area contributed by atoms with Crippen molar-refractivity contribution in [3.05, 3.63) is 24.3 Å². The summed E-state index contributed by atoms with van der Waals surface area (Å²) in [7, 11) is -2.88. The zero-order valence-electron chi connectivity index (χ0n) is 11.3. The molecule has 1 fully saturated rings. The normalized spacial score (nSPS) is 20.6. The minimum atomic E-state index is -2.88. The predicted molar refractivity (Wildman–Crippen MR) is 82.0 cm³/mol. The van der Waals surface area contributed by atoms with Gasteiger partial charge < -0.3 is 10.6 Å². The highest BCUT2D eigenvalue weighted by Gasteiger charge is 2.27. The topological polar surface area (TPSA) is 75.3 Å². The lowest BCUT2D eigenvalue weighted by molar-refractivity contribution is 0.250. The third kappa shape index (κ3) is 4.42. The largest absolute Gasteiger partial charge is 0.338 e. The van der Waals surface area contributed by atoms with Gasteiger partial charge in [0.1, 0.15) is 0 Å².